The van der Waals surface area contributed by atoms with E-state index < -0.39 is 0 Å². The van der Waals surface area contributed by atoms with Crippen molar-refractivity contribution in [2.75, 3.05) is 13.2 Å². The van der Waals surface area contributed by atoms with Gasteiger partial charge in [-0.15, -0.1) is 0 Å². The first kappa shape index (κ1) is 15.6. The maximum absolute atomic E-state index is 6.35. The lowest BCUT2D eigenvalue weighted by molar-refractivity contribution is 0.102. The van der Waals surface area contributed by atoms with E-state index in [0.29, 0.717) is 11.3 Å². The van der Waals surface area contributed by atoms with Gasteiger partial charge in [0.15, 0.2) is 0 Å². The number of fused-ring (bicyclic) bond motifs is 1. The van der Waals surface area contributed by atoms with Gasteiger partial charge in [0.25, 0.3) is 0 Å². The summed E-state index contributed by atoms with van der Waals surface area (Å²) in [6, 6.07) is 2.46. The fourth-order valence-corrected chi connectivity index (χ4v) is 3.29. The highest BCUT2D eigenvalue weighted by Gasteiger charge is 2.33. The number of aryl methyl sites for hydroxylation is 1. The molecule has 1 atom stereocenters. The van der Waals surface area contributed by atoms with Crippen molar-refractivity contribution in [1.82, 2.24) is 4.57 Å². The van der Waals surface area contributed by atoms with Crippen LogP contribution >= 0.6 is 0 Å². The third-order valence-corrected chi connectivity index (χ3v) is 4.18. The van der Waals surface area contributed by atoms with Crippen LogP contribution in [0.4, 0.5) is 0 Å². The minimum atomic E-state index is 0.185. The van der Waals surface area contributed by atoms with Gasteiger partial charge in [-0.2, -0.15) is 0 Å². The zero-order valence-electron chi connectivity index (χ0n) is 13.7. The van der Waals surface area contributed by atoms with Crippen molar-refractivity contribution in [2.24, 2.45) is 17.1 Å². The summed E-state index contributed by atoms with van der Waals surface area (Å²) in [5.41, 5.74) is 10.8. The Morgan fingerprint density at radius 3 is 2.80 bits per heavy atom. The average molecular weight is 278 g/mol. The largest absolute Gasteiger partial charge is 0.379 e. The molecule has 114 valence electrons. The number of ether oxygens (including phenoxy) is 1. The first-order chi connectivity index (χ1) is 9.30. The van der Waals surface area contributed by atoms with E-state index in [1.165, 1.54) is 17.0 Å². The minimum Gasteiger partial charge on any atom is -0.379 e. The van der Waals surface area contributed by atoms with E-state index in [0.717, 1.165) is 32.6 Å². The molecule has 2 N–H and O–H groups in total. The summed E-state index contributed by atoms with van der Waals surface area (Å²) in [7, 11) is 0. The van der Waals surface area contributed by atoms with Crippen molar-refractivity contribution in [1.29, 1.82) is 0 Å². The fourth-order valence-electron chi connectivity index (χ4n) is 3.29. The smallest absolute Gasteiger partial charge is 0.0645 e. The van der Waals surface area contributed by atoms with Crippen molar-refractivity contribution in [3.05, 3.63) is 23.0 Å². The molecule has 1 heterocycles. The first-order valence-electron chi connectivity index (χ1n) is 7.82. The van der Waals surface area contributed by atoms with Gasteiger partial charge >= 0.3 is 0 Å². The molecular formula is C17H30N2O. The Morgan fingerprint density at radius 1 is 1.45 bits per heavy atom. The molecule has 0 saturated heterocycles. The number of rotatable bonds is 5. The van der Waals surface area contributed by atoms with Gasteiger partial charge in [-0.1, -0.05) is 27.7 Å². The zero-order valence-corrected chi connectivity index (χ0v) is 13.7. The molecule has 0 spiro atoms. The van der Waals surface area contributed by atoms with Crippen LogP contribution in [0.2, 0.25) is 0 Å². The van der Waals surface area contributed by atoms with Crippen LogP contribution in [0.15, 0.2) is 6.07 Å². The van der Waals surface area contributed by atoms with E-state index in [1.807, 2.05) is 0 Å². The van der Waals surface area contributed by atoms with Crippen LogP contribution in [-0.4, -0.2) is 17.8 Å². The normalized spacial score (nSPS) is 21.2. The minimum absolute atomic E-state index is 0.185. The number of nitrogens with two attached hydrogens (primary N) is 1. The van der Waals surface area contributed by atoms with Crippen molar-refractivity contribution in [3.8, 4) is 0 Å². The average Bonchev–Trinajstić information content (AvgIpc) is 2.60. The maximum atomic E-state index is 6.35. The number of hydrogen-bond acceptors (Lipinski definition) is 2. The van der Waals surface area contributed by atoms with Gasteiger partial charge < -0.3 is 15.0 Å². The SMILES string of the molecule is Cc1cc2c(n1CCOCC(C)C)CC(C)(C)CC2N. The zero-order chi connectivity index (χ0) is 14.9. The molecule has 20 heavy (non-hydrogen) atoms. The second-order valence-corrected chi connectivity index (χ2v) is 7.46. The van der Waals surface area contributed by atoms with Crippen LogP contribution in [0.3, 0.4) is 0 Å². The van der Waals surface area contributed by atoms with Crippen molar-refractivity contribution >= 4 is 0 Å². The Bertz CT molecular complexity index is 460. The van der Waals surface area contributed by atoms with Crippen LogP contribution in [-0.2, 0) is 17.7 Å². The predicted octanol–water partition coefficient (Wildman–Crippen LogP) is 3.44. The number of aromatic nitrogens is 1. The summed E-state index contributed by atoms with van der Waals surface area (Å²) in [6.07, 6.45) is 2.20. The van der Waals surface area contributed by atoms with Gasteiger partial charge in [0, 0.05) is 30.6 Å². The lowest BCUT2D eigenvalue weighted by Crippen LogP contribution is -2.30. The fraction of sp³-hybridized carbons (Fsp3) is 0.765. The van der Waals surface area contributed by atoms with Crippen molar-refractivity contribution in [3.63, 3.8) is 0 Å². The van der Waals surface area contributed by atoms with E-state index >= 15 is 0 Å². The van der Waals surface area contributed by atoms with E-state index in [-0.39, 0.29) is 6.04 Å². The van der Waals surface area contributed by atoms with Crippen LogP contribution in [0.1, 0.15) is 57.1 Å². The second-order valence-electron chi connectivity index (χ2n) is 7.46. The molecule has 0 amide bonds. The van der Waals surface area contributed by atoms with Gasteiger partial charge in [-0.25, -0.2) is 0 Å². The molecule has 0 bridgehead atoms. The summed E-state index contributed by atoms with van der Waals surface area (Å²) in [5.74, 6) is 0.599. The maximum Gasteiger partial charge on any atom is 0.0645 e. The molecule has 0 aromatic carbocycles. The van der Waals surface area contributed by atoms with Crippen LogP contribution < -0.4 is 5.73 Å². The molecular weight excluding hydrogens is 248 g/mol. The van der Waals surface area contributed by atoms with Crippen molar-refractivity contribution in [2.45, 2.75) is 60.0 Å². The summed E-state index contributed by atoms with van der Waals surface area (Å²) >= 11 is 0. The van der Waals surface area contributed by atoms with Crippen molar-refractivity contribution < 1.29 is 4.74 Å². The Hall–Kier alpha value is -0.800. The molecule has 1 aromatic heterocycles. The second kappa shape index (κ2) is 5.90. The third-order valence-electron chi connectivity index (χ3n) is 4.18. The van der Waals surface area contributed by atoms with Gasteiger partial charge in [0.1, 0.15) is 0 Å². The standard InChI is InChI=1S/C17H30N2O/c1-12(2)11-20-7-6-19-13(3)8-14-15(18)9-17(4,5)10-16(14)19/h8,12,15H,6-7,9-11,18H2,1-5H3. The molecule has 1 aromatic rings. The molecule has 1 unspecified atom stereocenters. The molecule has 2 rings (SSSR count). The topological polar surface area (TPSA) is 40.2 Å². The van der Waals surface area contributed by atoms with E-state index in [2.05, 4.69) is 45.3 Å². The molecule has 1 aliphatic carbocycles. The Kier molecular flexibility index (Phi) is 4.60. The van der Waals surface area contributed by atoms with Gasteiger partial charge in [0.2, 0.25) is 0 Å². The Morgan fingerprint density at radius 2 is 2.15 bits per heavy atom. The predicted molar refractivity (Wildman–Crippen MR) is 83.9 cm³/mol. The molecule has 1 aliphatic rings. The van der Waals surface area contributed by atoms with Gasteiger partial charge in [0.05, 0.1) is 6.61 Å². The summed E-state index contributed by atoms with van der Waals surface area (Å²) in [5, 5.41) is 0. The summed E-state index contributed by atoms with van der Waals surface area (Å²) < 4.78 is 8.15. The Labute approximate surface area is 123 Å². The third kappa shape index (κ3) is 3.44. The van der Waals surface area contributed by atoms with E-state index in [4.69, 9.17) is 10.5 Å². The number of hydrogen-bond donors (Lipinski definition) is 1. The summed E-state index contributed by atoms with van der Waals surface area (Å²) in [6.45, 7) is 13.8. The molecule has 3 heteroatoms. The van der Waals surface area contributed by atoms with Gasteiger partial charge in [-0.05, 0) is 42.7 Å². The lowest BCUT2D eigenvalue weighted by Gasteiger charge is -2.34. The highest BCUT2D eigenvalue weighted by Crippen LogP contribution is 2.40. The lowest BCUT2D eigenvalue weighted by atomic mass is 9.74. The Balaban J connectivity index is 2.10. The first-order valence-corrected chi connectivity index (χ1v) is 7.82. The molecule has 0 radical (unpaired) electrons. The van der Waals surface area contributed by atoms with Crippen LogP contribution in [0.25, 0.3) is 0 Å². The van der Waals surface area contributed by atoms with Crippen LogP contribution in [0, 0.1) is 18.3 Å². The number of nitrogens with zero attached hydrogens (tertiary/aromatic N) is 1. The van der Waals surface area contributed by atoms with E-state index in [1.54, 1.807) is 0 Å². The monoisotopic (exact) mass is 278 g/mol. The molecule has 0 aliphatic heterocycles. The highest BCUT2D eigenvalue weighted by molar-refractivity contribution is 5.34. The molecule has 0 saturated carbocycles. The van der Waals surface area contributed by atoms with E-state index in [9.17, 15) is 0 Å². The highest BCUT2D eigenvalue weighted by atomic mass is 16.5. The van der Waals surface area contributed by atoms with Crippen LogP contribution in [0.5, 0.6) is 0 Å². The quantitative estimate of drug-likeness (QED) is 0.838. The van der Waals surface area contributed by atoms with Gasteiger partial charge in [-0.3, -0.25) is 0 Å². The summed E-state index contributed by atoms with van der Waals surface area (Å²) in [4.78, 5) is 0. The molecule has 3 nitrogen and oxygen atoms in total. The molecule has 0 fully saturated rings.